The van der Waals surface area contributed by atoms with Crippen molar-refractivity contribution >= 4 is 10.4 Å². The second-order valence-electron chi connectivity index (χ2n) is 5.21. The number of hydrogen-bond donors (Lipinski definition) is 4. The van der Waals surface area contributed by atoms with Gasteiger partial charge < -0.3 is 0 Å². The Morgan fingerprint density at radius 3 is 1.47 bits per heavy atom. The standard InChI is InChI=1S/C8H20N2.H2O4S/c1-7(2,3)6-8(4,5)10-9;1-5(2,3)4/h10H,6,9H2,1-5H3;(H2,1,2,3,4). The molecule has 0 amide bonds. The summed E-state index contributed by atoms with van der Waals surface area (Å²) >= 11 is 0. The molecule has 0 atom stereocenters. The Hall–Kier alpha value is -0.210. The van der Waals surface area contributed by atoms with E-state index in [1.807, 2.05) is 0 Å². The van der Waals surface area contributed by atoms with E-state index < -0.39 is 10.4 Å². The van der Waals surface area contributed by atoms with Crippen molar-refractivity contribution in [3.8, 4) is 0 Å². The van der Waals surface area contributed by atoms with Gasteiger partial charge in [-0.25, -0.2) is 0 Å². The molecule has 0 saturated heterocycles. The van der Waals surface area contributed by atoms with Gasteiger partial charge in [0.05, 0.1) is 0 Å². The van der Waals surface area contributed by atoms with Crippen LogP contribution in [0.3, 0.4) is 0 Å². The first kappa shape index (κ1) is 17.2. The summed E-state index contributed by atoms with van der Waals surface area (Å²) in [5.41, 5.74) is 3.19. The van der Waals surface area contributed by atoms with Crippen molar-refractivity contribution in [2.45, 2.75) is 46.6 Å². The molecular formula is C8H22N2O4S. The molecule has 0 bridgehead atoms. The summed E-state index contributed by atoms with van der Waals surface area (Å²) < 4.78 is 31.6. The van der Waals surface area contributed by atoms with Crippen LogP contribution < -0.4 is 11.3 Å². The molecule has 0 fully saturated rings. The highest BCUT2D eigenvalue weighted by Crippen LogP contribution is 2.25. The molecule has 6 nitrogen and oxygen atoms in total. The molecule has 5 N–H and O–H groups in total. The van der Waals surface area contributed by atoms with Crippen molar-refractivity contribution in [3.63, 3.8) is 0 Å². The van der Waals surface area contributed by atoms with Crippen LogP contribution in [0.1, 0.15) is 41.0 Å². The fourth-order valence-electron chi connectivity index (χ4n) is 1.38. The minimum atomic E-state index is -4.67. The Kier molecular flexibility index (Phi) is 6.60. The number of rotatable bonds is 2. The number of hydrogen-bond acceptors (Lipinski definition) is 4. The summed E-state index contributed by atoms with van der Waals surface area (Å²) in [6.45, 7) is 10.9. The van der Waals surface area contributed by atoms with Crippen LogP contribution in [0.25, 0.3) is 0 Å². The first-order chi connectivity index (χ1) is 6.27. The molecule has 0 radical (unpaired) electrons. The van der Waals surface area contributed by atoms with E-state index in [4.69, 9.17) is 23.4 Å². The predicted octanol–water partition coefficient (Wildman–Crippen LogP) is 1.01. The SMILES string of the molecule is CC(C)(C)CC(C)(C)NN.O=S(=O)(O)O. The van der Waals surface area contributed by atoms with Crippen LogP contribution >= 0.6 is 0 Å². The Labute approximate surface area is 91.8 Å². The van der Waals surface area contributed by atoms with E-state index in [2.05, 4.69) is 40.0 Å². The lowest BCUT2D eigenvalue weighted by Gasteiger charge is -2.31. The molecule has 0 aromatic heterocycles. The molecule has 0 saturated carbocycles. The maximum Gasteiger partial charge on any atom is 0.394 e. The third-order valence-corrected chi connectivity index (χ3v) is 1.36. The molecule has 0 aromatic carbocycles. The molecule has 0 aliphatic rings. The van der Waals surface area contributed by atoms with E-state index in [9.17, 15) is 0 Å². The predicted molar refractivity (Wildman–Crippen MR) is 59.7 cm³/mol. The van der Waals surface area contributed by atoms with E-state index >= 15 is 0 Å². The van der Waals surface area contributed by atoms with Gasteiger partial charge in [0.1, 0.15) is 0 Å². The summed E-state index contributed by atoms with van der Waals surface area (Å²) in [5, 5.41) is 0. The minimum absolute atomic E-state index is 0.0538. The van der Waals surface area contributed by atoms with Crippen molar-refractivity contribution in [1.29, 1.82) is 0 Å². The fraction of sp³-hybridized carbons (Fsp3) is 1.00. The topological polar surface area (TPSA) is 113 Å². The third kappa shape index (κ3) is 24.8. The van der Waals surface area contributed by atoms with Crippen LogP contribution in [-0.2, 0) is 10.4 Å². The molecule has 0 spiro atoms. The van der Waals surface area contributed by atoms with Crippen LogP contribution in [0.5, 0.6) is 0 Å². The lowest BCUT2D eigenvalue weighted by Crippen LogP contribution is -2.46. The van der Waals surface area contributed by atoms with Crippen molar-refractivity contribution in [2.24, 2.45) is 11.3 Å². The van der Waals surface area contributed by atoms with Gasteiger partial charge in [-0.1, -0.05) is 20.8 Å². The summed E-state index contributed by atoms with van der Waals surface area (Å²) in [4.78, 5) is 0. The summed E-state index contributed by atoms with van der Waals surface area (Å²) in [6.07, 6.45) is 1.08. The number of nitrogens with two attached hydrogens (primary N) is 1. The van der Waals surface area contributed by atoms with Crippen LogP contribution in [0.15, 0.2) is 0 Å². The van der Waals surface area contributed by atoms with Crippen LogP contribution in [0, 0.1) is 5.41 Å². The van der Waals surface area contributed by atoms with Crippen LogP contribution in [-0.4, -0.2) is 23.1 Å². The monoisotopic (exact) mass is 242 g/mol. The largest absolute Gasteiger partial charge is 0.394 e. The Morgan fingerprint density at radius 2 is 1.40 bits per heavy atom. The van der Waals surface area contributed by atoms with Gasteiger partial charge in [0.15, 0.2) is 0 Å². The fourth-order valence-corrected chi connectivity index (χ4v) is 1.38. The molecule has 94 valence electrons. The van der Waals surface area contributed by atoms with E-state index in [1.54, 1.807) is 0 Å². The van der Waals surface area contributed by atoms with E-state index in [0.29, 0.717) is 5.41 Å². The number of nitrogens with one attached hydrogen (secondary N) is 1. The molecule has 7 heteroatoms. The second-order valence-corrected chi connectivity index (χ2v) is 6.11. The van der Waals surface area contributed by atoms with Gasteiger partial charge in [0.2, 0.25) is 0 Å². The van der Waals surface area contributed by atoms with Gasteiger partial charge in [-0.05, 0) is 25.7 Å². The highest BCUT2D eigenvalue weighted by atomic mass is 32.3. The Morgan fingerprint density at radius 1 is 1.13 bits per heavy atom. The molecule has 0 rings (SSSR count). The van der Waals surface area contributed by atoms with Gasteiger partial charge in [-0.15, -0.1) is 0 Å². The smallest absolute Gasteiger partial charge is 0.271 e. The van der Waals surface area contributed by atoms with Crippen molar-refractivity contribution in [2.75, 3.05) is 0 Å². The molecule has 0 heterocycles. The molecule has 0 aliphatic heterocycles. The lowest BCUT2D eigenvalue weighted by molar-refractivity contribution is 0.244. The normalized spacial score (nSPS) is 13.1. The van der Waals surface area contributed by atoms with Gasteiger partial charge in [-0.2, -0.15) is 8.42 Å². The zero-order chi connectivity index (χ0) is 12.9. The maximum atomic E-state index is 8.74. The minimum Gasteiger partial charge on any atom is -0.271 e. The van der Waals surface area contributed by atoms with Gasteiger partial charge in [-0.3, -0.25) is 20.4 Å². The Bertz CT molecular complexity index is 259. The first-order valence-electron chi connectivity index (χ1n) is 4.44. The van der Waals surface area contributed by atoms with E-state index in [0.717, 1.165) is 6.42 Å². The molecule has 0 aromatic rings. The quantitative estimate of drug-likeness (QED) is 0.326. The van der Waals surface area contributed by atoms with Gasteiger partial charge in [0.25, 0.3) is 0 Å². The highest BCUT2D eigenvalue weighted by Gasteiger charge is 2.23. The summed E-state index contributed by atoms with van der Waals surface area (Å²) in [6, 6.07) is 0. The zero-order valence-corrected chi connectivity index (χ0v) is 10.7. The average molecular weight is 242 g/mol. The highest BCUT2D eigenvalue weighted by molar-refractivity contribution is 7.79. The van der Waals surface area contributed by atoms with Crippen molar-refractivity contribution in [1.82, 2.24) is 5.43 Å². The number of hydrazine groups is 1. The van der Waals surface area contributed by atoms with Crippen LogP contribution in [0.4, 0.5) is 0 Å². The zero-order valence-electron chi connectivity index (χ0n) is 9.90. The van der Waals surface area contributed by atoms with Gasteiger partial charge >= 0.3 is 10.4 Å². The molecular weight excluding hydrogens is 220 g/mol. The van der Waals surface area contributed by atoms with Crippen molar-refractivity contribution < 1.29 is 17.5 Å². The van der Waals surface area contributed by atoms with E-state index in [-0.39, 0.29) is 5.54 Å². The third-order valence-electron chi connectivity index (χ3n) is 1.36. The molecule has 0 aliphatic carbocycles. The average Bonchev–Trinajstić information content (AvgIpc) is 1.77. The molecule has 15 heavy (non-hydrogen) atoms. The second kappa shape index (κ2) is 5.76. The van der Waals surface area contributed by atoms with Crippen molar-refractivity contribution in [3.05, 3.63) is 0 Å². The Balaban J connectivity index is 0. The summed E-state index contributed by atoms with van der Waals surface area (Å²) in [7, 11) is -4.67. The lowest BCUT2D eigenvalue weighted by atomic mass is 9.82. The summed E-state index contributed by atoms with van der Waals surface area (Å²) in [5.74, 6) is 5.36. The first-order valence-corrected chi connectivity index (χ1v) is 5.84. The van der Waals surface area contributed by atoms with Crippen LogP contribution in [0.2, 0.25) is 0 Å². The maximum absolute atomic E-state index is 8.74. The van der Waals surface area contributed by atoms with Gasteiger partial charge in [0, 0.05) is 5.54 Å². The van der Waals surface area contributed by atoms with E-state index in [1.165, 1.54) is 0 Å². The molecule has 0 unspecified atom stereocenters.